The number of thioether (sulfide) groups is 1. The molecule has 1 amide bonds. The van der Waals surface area contributed by atoms with Crippen molar-refractivity contribution in [2.45, 2.75) is 6.61 Å². The van der Waals surface area contributed by atoms with Crippen molar-refractivity contribution >= 4 is 50.5 Å². The highest BCUT2D eigenvalue weighted by molar-refractivity contribution is 9.10. The molecule has 0 radical (unpaired) electrons. The summed E-state index contributed by atoms with van der Waals surface area (Å²) in [4.78, 5) is 17.3. The summed E-state index contributed by atoms with van der Waals surface area (Å²) in [6, 6.07) is 21.4. The van der Waals surface area contributed by atoms with Gasteiger partial charge in [-0.05, 0) is 69.7 Å². The number of carbonyl (C=O) groups is 1. The lowest BCUT2D eigenvalue weighted by Gasteiger charge is -2.09. The number of aliphatic imine (C=N–C) groups is 1. The SMILES string of the molecule is O=C1NC(=Nc2ccccc2)S/C1=C\c1ccc(OCc2ccccc2F)c(Br)c1. The largest absolute Gasteiger partial charge is 0.488 e. The molecule has 0 atom stereocenters. The third-order valence-electron chi connectivity index (χ3n) is 4.23. The van der Waals surface area contributed by atoms with Gasteiger partial charge in [0.15, 0.2) is 5.17 Å². The number of nitrogens with one attached hydrogen (secondary N) is 1. The van der Waals surface area contributed by atoms with Crippen molar-refractivity contribution in [3.63, 3.8) is 0 Å². The number of rotatable bonds is 5. The lowest BCUT2D eigenvalue weighted by Crippen LogP contribution is -2.19. The molecule has 0 unspecified atom stereocenters. The van der Waals surface area contributed by atoms with Gasteiger partial charge in [-0.25, -0.2) is 9.38 Å². The van der Waals surface area contributed by atoms with Crippen molar-refractivity contribution < 1.29 is 13.9 Å². The quantitative estimate of drug-likeness (QED) is 0.449. The smallest absolute Gasteiger partial charge is 0.264 e. The predicted octanol–water partition coefficient (Wildman–Crippen LogP) is 6.06. The average molecular weight is 483 g/mol. The van der Waals surface area contributed by atoms with Crippen LogP contribution in [0.5, 0.6) is 5.75 Å². The molecule has 3 aromatic carbocycles. The van der Waals surface area contributed by atoms with Crippen LogP contribution in [-0.2, 0) is 11.4 Å². The van der Waals surface area contributed by atoms with Crippen LogP contribution < -0.4 is 10.1 Å². The van der Waals surface area contributed by atoms with Crippen LogP contribution in [0.25, 0.3) is 6.08 Å². The van der Waals surface area contributed by atoms with Crippen molar-refractivity contribution in [1.82, 2.24) is 5.32 Å². The number of amides is 1. The van der Waals surface area contributed by atoms with Crippen molar-refractivity contribution in [3.05, 3.63) is 99.1 Å². The lowest BCUT2D eigenvalue weighted by molar-refractivity contribution is -0.115. The molecular weight excluding hydrogens is 467 g/mol. The number of carbonyl (C=O) groups excluding carboxylic acids is 1. The number of benzene rings is 3. The summed E-state index contributed by atoms with van der Waals surface area (Å²) in [5.41, 5.74) is 2.10. The van der Waals surface area contributed by atoms with Crippen LogP contribution in [0.3, 0.4) is 0 Å². The topological polar surface area (TPSA) is 50.7 Å². The highest BCUT2D eigenvalue weighted by Crippen LogP contribution is 2.31. The molecule has 4 nitrogen and oxygen atoms in total. The van der Waals surface area contributed by atoms with Gasteiger partial charge in [0, 0.05) is 5.56 Å². The molecule has 1 fully saturated rings. The Balaban J connectivity index is 1.46. The molecule has 1 aliphatic heterocycles. The number of nitrogens with zero attached hydrogens (tertiary/aromatic N) is 1. The molecule has 0 spiro atoms. The van der Waals surface area contributed by atoms with Crippen LogP contribution in [0.1, 0.15) is 11.1 Å². The maximum Gasteiger partial charge on any atom is 0.264 e. The van der Waals surface area contributed by atoms with Gasteiger partial charge >= 0.3 is 0 Å². The number of hydrogen-bond donors (Lipinski definition) is 1. The van der Waals surface area contributed by atoms with Crippen LogP contribution in [0.2, 0.25) is 0 Å². The maximum atomic E-state index is 13.7. The van der Waals surface area contributed by atoms with E-state index in [1.807, 2.05) is 42.5 Å². The molecule has 30 heavy (non-hydrogen) atoms. The second-order valence-electron chi connectivity index (χ2n) is 6.39. The van der Waals surface area contributed by atoms with Gasteiger partial charge in [0.2, 0.25) is 0 Å². The molecule has 1 N–H and O–H groups in total. The second-order valence-corrected chi connectivity index (χ2v) is 8.27. The molecule has 1 aliphatic rings. The lowest BCUT2D eigenvalue weighted by atomic mass is 10.2. The summed E-state index contributed by atoms with van der Waals surface area (Å²) >= 11 is 4.77. The first kappa shape index (κ1) is 20.4. The molecule has 150 valence electrons. The second kappa shape index (κ2) is 9.28. The fraction of sp³-hybridized carbons (Fsp3) is 0.0435. The van der Waals surface area contributed by atoms with Crippen LogP contribution in [0.15, 0.2) is 87.2 Å². The Hall–Kier alpha value is -2.90. The molecular formula is C23H16BrFN2O2S. The van der Waals surface area contributed by atoms with Gasteiger partial charge in [0.05, 0.1) is 15.1 Å². The molecule has 4 rings (SSSR count). The van der Waals surface area contributed by atoms with E-state index in [1.54, 1.807) is 30.3 Å². The van der Waals surface area contributed by atoms with E-state index in [2.05, 4.69) is 26.2 Å². The standard InChI is InChI=1S/C23H16BrFN2O2S/c24-18-12-15(10-11-20(18)29-14-16-6-4-5-9-19(16)25)13-21-22(28)27-23(30-21)26-17-7-2-1-3-8-17/h1-13H,14H2,(H,26,27,28)/b21-13-. The minimum atomic E-state index is -0.299. The zero-order valence-electron chi connectivity index (χ0n) is 15.6. The minimum Gasteiger partial charge on any atom is -0.488 e. The summed E-state index contributed by atoms with van der Waals surface area (Å²) in [7, 11) is 0. The Morgan fingerprint density at radius 1 is 1.07 bits per heavy atom. The van der Waals surface area contributed by atoms with Gasteiger partial charge in [0.25, 0.3) is 5.91 Å². The number of ether oxygens (including phenoxy) is 1. The number of amidine groups is 1. The van der Waals surface area contributed by atoms with Gasteiger partial charge in [-0.3, -0.25) is 4.79 Å². The van der Waals surface area contributed by atoms with Crippen molar-refractivity contribution in [2.24, 2.45) is 4.99 Å². The zero-order chi connectivity index (χ0) is 20.9. The van der Waals surface area contributed by atoms with E-state index in [-0.39, 0.29) is 18.3 Å². The van der Waals surface area contributed by atoms with Crippen molar-refractivity contribution in [1.29, 1.82) is 0 Å². The Bertz CT molecular complexity index is 1150. The Morgan fingerprint density at radius 2 is 1.83 bits per heavy atom. The number of para-hydroxylation sites is 1. The summed E-state index contributed by atoms with van der Waals surface area (Å²) in [5, 5.41) is 3.32. The van der Waals surface area contributed by atoms with Gasteiger partial charge in [0.1, 0.15) is 18.2 Å². The molecule has 0 bridgehead atoms. The predicted molar refractivity (Wildman–Crippen MR) is 122 cm³/mol. The van der Waals surface area contributed by atoms with E-state index in [0.29, 0.717) is 21.4 Å². The van der Waals surface area contributed by atoms with Crippen LogP contribution in [0, 0.1) is 5.82 Å². The molecule has 0 saturated carbocycles. The summed E-state index contributed by atoms with van der Waals surface area (Å²) in [5.74, 6) is 0.105. The van der Waals surface area contributed by atoms with E-state index in [1.165, 1.54) is 17.8 Å². The first-order chi connectivity index (χ1) is 14.6. The minimum absolute atomic E-state index is 0.128. The van der Waals surface area contributed by atoms with Gasteiger partial charge in [-0.2, -0.15) is 0 Å². The maximum absolute atomic E-state index is 13.7. The van der Waals surface area contributed by atoms with Crippen LogP contribution >= 0.6 is 27.7 Å². The van der Waals surface area contributed by atoms with Gasteiger partial charge < -0.3 is 10.1 Å². The molecule has 0 aliphatic carbocycles. The van der Waals surface area contributed by atoms with Crippen molar-refractivity contribution in [2.75, 3.05) is 0 Å². The van der Waals surface area contributed by atoms with E-state index in [0.717, 1.165) is 15.7 Å². The molecule has 3 aromatic rings. The van der Waals surface area contributed by atoms with Crippen LogP contribution in [-0.4, -0.2) is 11.1 Å². The molecule has 7 heteroatoms. The first-order valence-electron chi connectivity index (χ1n) is 9.09. The van der Waals surface area contributed by atoms with E-state index < -0.39 is 0 Å². The highest BCUT2D eigenvalue weighted by atomic mass is 79.9. The number of halogens is 2. The first-order valence-corrected chi connectivity index (χ1v) is 10.7. The van der Waals surface area contributed by atoms with E-state index >= 15 is 0 Å². The monoisotopic (exact) mass is 482 g/mol. The zero-order valence-corrected chi connectivity index (χ0v) is 18.0. The third kappa shape index (κ3) is 4.98. The van der Waals surface area contributed by atoms with E-state index in [9.17, 15) is 9.18 Å². The van der Waals surface area contributed by atoms with Crippen molar-refractivity contribution in [3.8, 4) is 5.75 Å². The van der Waals surface area contributed by atoms with Crippen LogP contribution in [0.4, 0.5) is 10.1 Å². The summed E-state index contributed by atoms with van der Waals surface area (Å²) in [6.45, 7) is 0.128. The molecule has 0 aromatic heterocycles. The van der Waals surface area contributed by atoms with Gasteiger partial charge in [-0.15, -0.1) is 0 Å². The summed E-state index contributed by atoms with van der Waals surface area (Å²) in [6.07, 6.45) is 1.79. The number of hydrogen-bond acceptors (Lipinski definition) is 4. The Kier molecular flexibility index (Phi) is 6.30. The molecule has 1 saturated heterocycles. The van der Waals surface area contributed by atoms with E-state index in [4.69, 9.17) is 4.74 Å². The molecule has 1 heterocycles. The fourth-order valence-corrected chi connectivity index (χ4v) is 4.10. The average Bonchev–Trinajstić information content (AvgIpc) is 3.08. The highest BCUT2D eigenvalue weighted by Gasteiger charge is 2.23. The normalized spacial score (nSPS) is 16.1. The third-order valence-corrected chi connectivity index (χ3v) is 5.76. The Morgan fingerprint density at radius 3 is 2.60 bits per heavy atom. The fourth-order valence-electron chi connectivity index (χ4n) is 2.75. The van der Waals surface area contributed by atoms with Gasteiger partial charge in [-0.1, -0.05) is 42.5 Å². The summed E-state index contributed by atoms with van der Waals surface area (Å²) < 4.78 is 20.2. The Labute approximate surface area is 186 Å².